The first-order valence-electron chi connectivity index (χ1n) is 10.8. The zero-order valence-electron chi connectivity index (χ0n) is 19.0. The van der Waals surface area contributed by atoms with E-state index in [1.807, 2.05) is 6.07 Å². The number of benzene rings is 2. The van der Waals surface area contributed by atoms with Crippen LogP contribution in [0, 0.1) is 17.2 Å². The van der Waals surface area contributed by atoms with Crippen LogP contribution in [0.1, 0.15) is 25.0 Å². The Morgan fingerprint density at radius 1 is 1.11 bits per heavy atom. The fourth-order valence-corrected chi connectivity index (χ4v) is 5.56. The minimum absolute atomic E-state index is 0.0414. The van der Waals surface area contributed by atoms with Gasteiger partial charge in [0.15, 0.2) is 0 Å². The highest BCUT2D eigenvalue weighted by atomic mass is 35.5. The Morgan fingerprint density at radius 3 is 2.29 bits per heavy atom. The Hall–Kier alpha value is -2.81. The highest BCUT2D eigenvalue weighted by Gasteiger charge is 2.35. The Balaban J connectivity index is 1.72. The molecule has 0 saturated carbocycles. The molecule has 0 aliphatic carbocycles. The van der Waals surface area contributed by atoms with E-state index in [-0.39, 0.29) is 59.2 Å². The van der Waals surface area contributed by atoms with Crippen molar-refractivity contribution in [2.24, 2.45) is 5.92 Å². The van der Waals surface area contributed by atoms with E-state index < -0.39 is 27.8 Å². The molecule has 2 aromatic carbocycles. The third-order valence-corrected chi connectivity index (χ3v) is 7.99. The van der Waals surface area contributed by atoms with Crippen molar-refractivity contribution in [2.75, 3.05) is 31.5 Å². The highest BCUT2D eigenvalue weighted by molar-refractivity contribution is 7.89. The number of nitrogens with zero attached hydrogens (tertiary/aromatic N) is 3. The molecule has 1 aliphatic heterocycles. The summed E-state index contributed by atoms with van der Waals surface area (Å²) in [6, 6.07) is 9.89. The lowest BCUT2D eigenvalue weighted by molar-refractivity contribution is -0.137. The molecule has 12 heteroatoms. The molecule has 0 aromatic heterocycles. The minimum atomic E-state index is -4.54. The molecule has 1 N–H and O–H groups in total. The van der Waals surface area contributed by atoms with Crippen molar-refractivity contribution < 1.29 is 26.4 Å². The molecule has 35 heavy (non-hydrogen) atoms. The minimum Gasteiger partial charge on any atom is -0.372 e. The summed E-state index contributed by atoms with van der Waals surface area (Å²) in [6.45, 7) is 3.90. The lowest BCUT2D eigenvalue weighted by Crippen LogP contribution is -2.54. The standard InChI is InChI=1S/C23H24ClF3N4O3S/c1-15(2)21(29-19-8-7-17(13-18(19)24)23(25,26)27)22(32)30-9-11-31(12-10-30)35(33,34)20-6-4-3-5-16(20)14-28/h3-8,13,15,21,29H,9-12H2,1-2H3/t21-/m0/s1. The van der Waals surface area contributed by atoms with Crippen LogP contribution >= 0.6 is 11.6 Å². The van der Waals surface area contributed by atoms with Crippen LogP contribution in [-0.4, -0.2) is 55.8 Å². The Morgan fingerprint density at radius 2 is 1.74 bits per heavy atom. The molecule has 0 unspecified atom stereocenters. The summed E-state index contributed by atoms with van der Waals surface area (Å²) in [5.74, 6) is -0.546. The van der Waals surface area contributed by atoms with E-state index in [1.54, 1.807) is 26.0 Å². The first kappa shape index (κ1) is 26.8. The van der Waals surface area contributed by atoms with Crippen LogP contribution in [0.15, 0.2) is 47.4 Å². The lowest BCUT2D eigenvalue weighted by atomic mass is 10.0. The number of sulfonamides is 1. The molecule has 188 valence electrons. The van der Waals surface area contributed by atoms with Crippen molar-refractivity contribution in [3.8, 4) is 6.07 Å². The molecule has 1 fully saturated rings. The third-order valence-electron chi connectivity index (χ3n) is 5.72. The van der Waals surface area contributed by atoms with Crippen LogP contribution < -0.4 is 5.32 Å². The second-order valence-electron chi connectivity index (χ2n) is 8.40. The van der Waals surface area contributed by atoms with Crippen LogP contribution in [0.2, 0.25) is 5.02 Å². The summed E-state index contributed by atoms with van der Waals surface area (Å²) in [6.07, 6.45) is -4.54. The number of rotatable bonds is 6. The van der Waals surface area contributed by atoms with Gasteiger partial charge in [-0.25, -0.2) is 8.42 Å². The number of anilines is 1. The molecular formula is C23H24ClF3N4O3S. The molecule has 1 aliphatic rings. The van der Waals surface area contributed by atoms with Crippen LogP contribution in [0.3, 0.4) is 0 Å². The largest absolute Gasteiger partial charge is 0.416 e. The predicted molar refractivity (Wildman–Crippen MR) is 125 cm³/mol. The maximum absolute atomic E-state index is 13.2. The smallest absolute Gasteiger partial charge is 0.372 e. The van der Waals surface area contributed by atoms with E-state index in [0.717, 1.165) is 12.1 Å². The summed E-state index contributed by atoms with van der Waals surface area (Å²) in [5, 5.41) is 12.0. The molecule has 1 heterocycles. The van der Waals surface area contributed by atoms with E-state index in [0.29, 0.717) is 0 Å². The third kappa shape index (κ3) is 5.89. The van der Waals surface area contributed by atoms with Crippen molar-refractivity contribution in [1.29, 1.82) is 5.26 Å². The van der Waals surface area contributed by atoms with Crippen molar-refractivity contribution in [3.05, 3.63) is 58.6 Å². The quantitative estimate of drug-likeness (QED) is 0.606. The number of nitrogens with one attached hydrogen (secondary N) is 1. The van der Waals surface area contributed by atoms with Gasteiger partial charge in [-0.05, 0) is 36.2 Å². The first-order chi connectivity index (χ1) is 16.4. The molecule has 7 nitrogen and oxygen atoms in total. The van der Waals surface area contributed by atoms with Crippen LogP contribution in [-0.2, 0) is 21.0 Å². The predicted octanol–water partition coefficient (Wildman–Crippen LogP) is 4.20. The zero-order chi connectivity index (χ0) is 26.0. The van der Waals surface area contributed by atoms with E-state index in [9.17, 15) is 31.6 Å². The van der Waals surface area contributed by atoms with Gasteiger partial charge in [0.2, 0.25) is 15.9 Å². The maximum Gasteiger partial charge on any atom is 0.416 e. The van der Waals surface area contributed by atoms with Gasteiger partial charge < -0.3 is 10.2 Å². The molecule has 1 amide bonds. The number of amides is 1. The number of alkyl halides is 3. The van der Waals surface area contributed by atoms with Crippen LogP contribution in [0.4, 0.5) is 18.9 Å². The van der Waals surface area contributed by atoms with Crippen molar-refractivity contribution in [3.63, 3.8) is 0 Å². The van der Waals surface area contributed by atoms with Gasteiger partial charge in [0, 0.05) is 26.2 Å². The maximum atomic E-state index is 13.2. The summed E-state index contributed by atoms with van der Waals surface area (Å²) >= 11 is 6.04. The molecule has 0 spiro atoms. The van der Waals surface area contributed by atoms with Crippen LogP contribution in [0.5, 0.6) is 0 Å². The monoisotopic (exact) mass is 528 g/mol. The van der Waals surface area contributed by atoms with Crippen molar-refractivity contribution in [2.45, 2.75) is 31.0 Å². The molecule has 1 atom stereocenters. The van der Waals surface area contributed by atoms with E-state index >= 15 is 0 Å². The molecule has 0 bridgehead atoms. The second kappa shape index (κ2) is 10.4. The second-order valence-corrected chi connectivity index (χ2v) is 10.7. The first-order valence-corrected chi connectivity index (χ1v) is 12.6. The molecule has 0 radical (unpaired) electrons. The average molecular weight is 529 g/mol. The highest BCUT2D eigenvalue weighted by Crippen LogP contribution is 2.34. The van der Waals surface area contributed by atoms with Gasteiger partial charge in [0.1, 0.15) is 12.1 Å². The molecule has 2 aromatic rings. The van der Waals surface area contributed by atoms with Gasteiger partial charge in [-0.15, -0.1) is 0 Å². The Kier molecular flexibility index (Phi) is 7.99. The fourth-order valence-electron chi connectivity index (χ4n) is 3.76. The zero-order valence-corrected chi connectivity index (χ0v) is 20.6. The number of piperazine rings is 1. The number of hydrogen-bond donors (Lipinski definition) is 1. The topological polar surface area (TPSA) is 93.5 Å². The molecular weight excluding hydrogens is 505 g/mol. The summed E-state index contributed by atoms with van der Waals surface area (Å²) in [7, 11) is -3.91. The van der Waals surface area contributed by atoms with E-state index in [4.69, 9.17) is 11.6 Å². The Bertz CT molecular complexity index is 1240. The normalized spacial score (nSPS) is 16.1. The number of carbonyl (C=O) groups excluding carboxylic acids is 1. The van der Waals surface area contributed by atoms with E-state index in [2.05, 4.69) is 5.32 Å². The van der Waals surface area contributed by atoms with Gasteiger partial charge in [-0.1, -0.05) is 37.6 Å². The summed E-state index contributed by atoms with van der Waals surface area (Å²) in [4.78, 5) is 14.7. The molecule has 1 saturated heterocycles. The van der Waals surface area contributed by atoms with Gasteiger partial charge in [0.25, 0.3) is 0 Å². The summed E-state index contributed by atoms with van der Waals surface area (Å²) < 4.78 is 66.1. The van der Waals surface area contributed by atoms with Gasteiger partial charge >= 0.3 is 6.18 Å². The number of carbonyl (C=O) groups is 1. The molecule has 3 rings (SSSR count). The number of nitriles is 1. The van der Waals surface area contributed by atoms with Crippen molar-refractivity contribution >= 4 is 33.2 Å². The SMILES string of the molecule is CC(C)[C@H](Nc1ccc(C(F)(F)F)cc1Cl)C(=O)N1CCN(S(=O)(=O)c2ccccc2C#N)CC1. The van der Waals surface area contributed by atoms with Gasteiger partial charge in [-0.3, -0.25) is 4.79 Å². The lowest BCUT2D eigenvalue weighted by Gasteiger charge is -2.37. The Labute approximate surface area is 207 Å². The van der Waals surface area contributed by atoms with Crippen molar-refractivity contribution in [1.82, 2.24) is 9.21 Å². The summed E-state index contributed by atoms with van der Waals surface area (Å²) in [5.41, 5.74) is -0.652. The van der Waals surface area contributed by atoms with E-state index in [1.165, 1.54) is 27.4 Å². The fraction of sp³-hybridized carbons (Fsp3) is 0.391. The van der Waals surface area contributed by atoms with Gasteiger partial charge in [-0.2, -0.15) is 22.7 Å². The van der Waals surface area contributed by atoms with Gasteiger partial charge in [0.05, 0.1) is 26.7 Å². The van der Waals surface area contributed by atoms with Crippen LogP contribution in [0.25, 0.3) is 0 Å². The number of hydrogen-bond acceptors (Lipinski definition) is 5. The average Bonchev–Trinajstić information content (AvgIpc) is 2.82. The number of halogens is 4.